The summed E-state index contributed by atoms with van der Waals surface area (Å²) in [6, 6.07) is 11.8. The van der Waals surface area contributed by atoms with Crippen LogP contribution in [0.4, 0.5) is 5.69 Å². The van der Waals surface area contributed by atoms with Crippen molar-refractivity contribution in [3.63, 3.8) is 0 Å². The zero-order chi connectivity index (χ0) is 18.2. The van der Waals surface area contributed by atoms with Crippen LogP contribution >= 0.6 is 15.9 Å². The van der Waals surface area contributed by atoms with Crippen LogP contribution in [-0.2, 0) is 9.59 Å². The highest BCUT2D eigenvalue weighted by Crippen LogP contribution is 2.26. The van der Waals surface area contributed by atoms with E-state index in [4.69, 9.17) is 4.74 Å². The van der Waals surface area contributed by atoms with Crippen LogP contribution in [0.15, 0.2) is 53.0 Å². The van der Waals surface area contributed by atoms with E-state index in [9.17, 15) is 14.7 Å². The number of ether oxygens (including phenoxy) is 1. The van der Waals surface area contributed by atoms with Gasteiger partial charge < -0.3 is 20.5 Å². The van der Waals surface area contributed by atoms with E-state index >= 15 is 0 Å². The number of nitrogens with one attached hydrogen (secondary N) is 2. The zero-order valence-electron chi connectivity index (χ0n) is 13.5. The SMILES string of the molecule is COc1cc(/C=C/C(=O)NCC(=O)Nc2ccc(Br)cc2)ccc1O. The highest BCUT2D eigenvalue weighted by molar-refractivity contribution is 9.10. The zero-order valence-corrected chi connectivity index (χ0v) is 15.0. The smallest absolute Gasteiger partial charge is 0.244 e. The fraction of sp³-hybridized carbons (Fsp3) is 0.111. The molecular weight excluding hydrogens is 388 g/mol. The van der Waals surface area contributed by atoms with Crippen LogP contribution in [0, 0.1) is 0 Å². The van der Waals surface area contributed by atoms with Crippen molar-refractivity contribution < 1.29 is 19.4 Å². The summed E-state index contributed by atoms with van der Waals surface area (Å²) in [6.45, 7) is -0.141. The van der Waals surface area contributed by atoms with Gasteiger partial charge in [-0.05, 0) is 48.0 Å². The summed E-state index contributed by atoms with van der Waals surface area (Å²) in [7, 11) is 1.44. The molecule has 2 amide bonds. The van der Waals surface area contributed by atoms with Crippen molar-refractivity contribution in [3.8, 4) is 11.5 Å². The standard InChI is InChI=1S/C18H17BrN2O4/c1-25-16-10-12(2-8-15(16)22)3-9-17(23)20-11-18(24)21-14-6-4-13(19)5-7-14/h2-10,22H,11H2,1H3,(H,20,23)(H,21,24)/b9-3+. The molecule has 2 aromatic rings. The number of carbonyl (C=O) groups is 2. The van der Waals surface area contributed by atoms with Gasteiger partial charge in [0, 0.05) is 16.2 Å². The van der Waals surface area contributed by atoms with E-state index in [1.54, 1.807) is 30.3 Å². The lowest BCUT2D eigenvalue weighted by atomic mass is 10.2. The predicted molar refractivity (Wildman–Crippen MR) is 99.5 cm³/mol. The molecule has 0 spiro atoms. The van der Waals surface area contributed by atoms with Crippen molar-refractivity contribution in [3.05, 3.63) is 58.6 Å². The molecule has 0 heterocycles. The van der Waals surface area contributed by atoms with Gasteiger partial charge in [-0.2, -0.15) is 0 Å². The summed E-state index contributed by atoms with van der Waals surface area (Å²) in [5, 5.41) is 14.7. The Labute approximate surface area is 153 Å². The highest BCUT2D eigenvalue weighted by Gasteiger charge is 2.05. The van der Waals surface area contributed by atoms with Crippen LogP contribution in [-0.4, -0.2) is 30.6 Å². The maximum Gasteiger partial charge on any atom is 0.244 e. The molecule has 0 aromatic heterocycles. The molecule has 0 aliphatic heterocycles. The molecule has 25 heavy (non-hydrogen) atoms. The van der Waals surface area contributed by atoms with E-state index < -0.39 is 5.91 Å². The molecule has 7 heteroatoms. The van der Waals surface area contributed by atoms with Gasteiger partial charge >= 0.3 is 0 Å². The van der Waals surface area contributed by atoms with E-state index in [0.29, 0.717) is 17.0 Å². The number of amides is 2. The number of methoxy groups -OCH3 is 1. The molecule has 0 saturated heterocycles. The minimum Gasteiger partial charge on any atom is -0.504 e. The van der Waals surface area contributed by atoms with Crippen LogP contribution < -0.4 is 15.4 Å². The predicted octanol–water partition coefficient (Wildman–Crippen LogP) is 2.93. The number of carbonyl (C=O) groups excluding carboxylic acids is 2. The molecule has 0 radical (unpaired) electrons. The summed E-state index contributed by atoms with van der Waals surface area (Å²) in [5.41, 5.74) is 1.33. The van der Waals surface area contributed by atoms with Gasteiger partial charge in [0.1, 0.15) is 0 Å². The molecule has 0 saturated carbocycles. The maximum absolute atomic E-state index is 11.8. The molecule has 0 aliphatic rings. The largest absolute Gasteiger partial charge is 0.504 e. The first kappa shape index (κ1) is 18.5. The minimum atomic E-state index is -0.405. The number of anilines is 1. The van der Waals surface area contributed by atoms with Crippen LogP contribution in [0.25, 0.3) is 6.08 Å². The van der Waals surface area contributed by atoms with Crippen molar-refractivity contribution in [1.82, 2.24) is 5.32 Å². The maximum atomic E-state index is 11.8. The minimum absolute atomic E-state index is 0.0220. The number of benzene rings is 2. The van der Waals surface area contributed by atoms with Crippen molar-refractivity contribution in [2.75, 3.05) is 19.0 Å². The van der Waals surface area contributed by atoms with Crippen molar-refractivity contribution >= 4 is 39.5 Å². The van der Waals surface area contributed by atoms with Gasteiger partial charge in [0.05, 0.1) is 13.7 Å². The lowest BCUT2D eigenvalue weighted by Crippen LogP contribution is -2.31. The molecule has 0 atom stereocenters. The van der Waals surface area contributed by atoms with Gasteiger partial charge in [0.2, 0.25) is 11.8 Å². The Balaban J connectivity index is 1.83. The molecule has 6 nitrogen and oxygen atoms in total. The monoisotopic (exact) mass is 404 g/mol. The van der Waals surface area contributed by atoms with Gasteiger partial charge in [-0.15, -0.1) is 0 Å². The Hall–Kier alpha value is -2.80. The van der Waals surface area contributed by atoms with Gasteiger partial charge in [0.25, 0.3) is 0 Å². The Morgan fingerprint density at radius 3 is 2.60 bits per heavy atom. The first-order chi connectivity index (χ1) is 12.0. The lowest BCUT2D eigenvalue weighted by molar-refractivity contribution is -0.121. The third-order valence-electron chi connectivity index (χ3n) is 3.18. The van der Waals surface area contributed by atoms with Gasteiger partial charge in [-0.3, -0.25) is 9.59 Å². The summed E-state index contributed by atoms with van der Waals surface area (Å²) >= 11 is 3.31. The summed E-state index contributed by atoms with van der Waals surface area (Å²) in [5.74, 6) is -0.390. The molecule has 2 rings (SSSR count). The van der Waals surface area contributed by atoms with Gasteiger partial charge in [-0.1, -0.05) is 22.0 Å². The Morgan fingerprint density at radius 2 is 1.92 bits per heavy atom. The Kier molecular flexibility index (Phi) is 6.59. The number of aromatic hydroxyl groups is 1. The number of phenolic OH excluding ortho intramolecular Hbond substituents is 1. The second-order valence-electron chi connectivity index (χ2n) is 5.04. The second kappa shape index (κ2) is 8.89. The summed E-state index contributed by atoms with van der Waals surface area (Å²) < 4.78 is 5.91. The normalized spacial score (nSPS) is 10.5. The molecule has 0 bridgehead atoms. The molecule has 0 fully saturated rings. The Bertz CT molecular complexity index is 788. The number of halogens is 1. The van der Waals surface area contributed by atoms with E-state index in [-0.39, 0.29) is 18.2 Å². The van der Waals surface area contributed by atoms with Crippen molar-refractivity contribution in [2.24, 2.45) is 0 Å². The third kappa shape index (κ3) is 5.96. The average Bonchev–Trinajstić information content (AvgIpc) is 2.61. The molecule has 2 aromatic carbocycles. The number of rotatable bonds is 6. The number of hydrogen-bond acceptors (Lipinski definition) is 4. The van der Waals surface area contributed by atoms with Crippen LogP contribution in [0.3, 0.4) is 0 Å². The van der Waals surface area contributed by atoms with E-state index in [1.165, 1.54) is 19.3 Å². The summed E-state index contributed by atoms with van der Waals surface area (Å²) in [6.07, 6.45) is 2.86. The van der Waals surface area contributed by atoms with Gasteiger partial charge in [0.15, 0.2) is 11.5 Å². The first-order valence-electron chi connectivity index (χ1n) is 7.36. The molecular formula is C18H17BrN2O4. The molecule has 3 N–H and O–H groups in total. The van der Waals surface area contributed by atoms with Gasteiger partial charge in [-0.25, -0.2) is 0 Å². The van der Waals surface area contributed by atoms with Crippen LogP contribution in [0.1, 0.15) is 5.56 Å². The van der Waals surface area contributed by atoms with Crippen molar-refractivity contribution in [1.29, 1.82) is 0 Å². The molecule has 0 aliphatic carbocycles. The van der Waals surface area contributed by atoms with Crippen LogP contribution in [0.2, 0.25) is 0 Å². The second-order valence-corrected chi connectivity index (χ2v) is 5.95. The highest BCUT2D eigenvalue weighted by atomic mass is 79.9. The van der Waals surface area contributed by atoms with Crippen molar-refractivity contribution in [2.45, 2.75) is 0 Å². The van der Waals surface area contributed by atoms with E-state index in [0.717, 1.165) is 4.47 Å². The Morgan fingerprint density at radius 1 is 1.20 bits per heavy atom. The van der Waals surface area contributed by atoms with E-state index in [1.807, 2.05) is 12.1 Å². The fourth-order valence-corrected chi connectivity index (χ4v) is 2.20. The quantitative estimate of drug-likeness (QED) is 0.645. The number of hydrogen-bond donors (Lipinski definition) is 3. The lowest BCUT2D eigenvalue weighted by Gasteiger charge is -2.06. The van der Waals surface area contributed by atoms with E-state index in [2.05, 4.69) is 26.6 Å². The fourth-order valence-electron chi connectivity index (χ4n) is 1.93. The summed E-state index contributed by atoms with van der Waals surface area (Å²) in [4.78, 5) is 23.6. The molecule has 0 unspecified atom stereocenters. The third-order valence-corrected chi connectivity index (χ3v) is 3.71. The van der Waals surface area contributed by atoms with Crippen LogP contribution in [0.5, 0.6) is 11.5 Å². The molecule has 130 valence electrons. The number of phenols is 1. The topological polar surface area (TPSA) is 87.7 Å². The average molecular weight is 405 g/mol. The first-order valence-corrected chi connectivity index (χ1v) is 8.15.